The van der Waals surface area contributed by atoms with E-state index < -0.39 is 0 Å². The molecule has 1 saturated heterocycles. The Balaban J connectivity index is 1.80. The van der Waals surface area contributed by atoms with Crippen LogP contribution in [0.1, 0.15) is 30.1 Å². The maximum atomic E-state index is 12.9. The minimum atomic E-state index is 0.0731. The quantitative estimate of drug-likeness (QED) is 0.872. The average molecular weight is 377 g/mol. The van der Waals surface area contributed by atoms with Gasteiger partial charge in [0.25, 0.3) is 5.91 Å². The van der Waals surface area contributed by atoms with Gasteiger partial charge in [-0.3, -0.25) is 4.79 Å². The van der Waals surface area contributed by atoms with Gasteiger partial charge in [0.05, 0.1) is 17.4 Å². The van der Waals surface area contributed by atoms with Crippen molar-refractivity contribution in [3.05, 3.63) is 46.7 Å². The van der Waals surface area contributed by atoms with Crippen molar-refractivity contribution in [3.8, 4) is 5.69 Å². The van der Waals surface area contributed by atoms with Crippen LogP contribution in [0.4, 0.5) is 0 Å². The van der Waals surface area contributed by atoms with Gasteiger partial charge >= 0.3 is 0 Å². The molecule has 0 spiro atoms. The fraction of sp³-hybridized carbons (Fsp3) is 0.412. The van der Waals surface area contributed by atoms with Gasteiger partial charge in [0.1, 0.15) is 0 Å². The summed E-state index contributed by atoms with van der Waals surface area (Å²) >= 11 is 3.42. The molecular weight excluding hydrogens is 356 g/mol. The van der Waals surface area contributed by atoms with E-state index in [4.69, 9.17) is 0 Å². The van der Waals surface area contributed by atoms with Crippen molar-refractivity contribution in [2.45, 2.75) is 25.8 Å². The first-order valence-corrected chi connectivity index (χ1v) is 8.80. The molecule has 0 bridgehead atoms. The summed E-state index contributed by atoms with van der Waals surface area (Å²) in [5.41, 5.74) is 1.59. The molecule has 2 aromatic rings. The number of aromatic nitrogens is 2. The Morgan fingerprint density at radius 2 is 2.22 bits per heavy atom. The van der Waals surface area contributed by atoms with Crippen LogP contribution >= 0.6 is 15.9 Å². The summed E-state index contributed by atoms with van der Waals surface area (Å²) in [6, 6.07) is 8.16. The van der Waals surface area contributed by atoms with Crippen molar-refractivity contribution in [2.75, 3.05) is 19.6 Å². The molecule has 1 aliphatic heterocycles. The first kappa shape index (κ1) is 16.2. The third-order valence-corrected chi connectivity index (χ3v) is 4.65. The van der Waals surface area contributed by atoms with Crippen LogP contribution in [-0.4, -0.2) is 46.3 Å². The Kier molecular flexibility index (Phi) is 5.13. The van der Waals surface area contributed by atoms with E-state index in [-0.39, 0.29) is 5.91 Å². The van der Waals surface area contributed by atoms with Gasteiger partial charge in [0, 0.05) is 29.8 Å². The first-order chi connectivity index (χ1) is 11.2. The molecule has 1 amide bonds. The fourth-order valence-corrected chi connectivity index (χ4v) is 3.19. The van der Waals surface area contributed by atoms with Crippen molar-refractivity contribution in [3.63, 3.8) is 0 Å². The molecule has 122 valence electrons. The molecule has 3 rings (SSSR count). The number of hydrogen-bond acceptors (Lipinski definition) is 3. The van der Waals surface area contributed by atoms with Gasteiger partial charge in [-0.1, -0.05) is 22.9 Å². The Labute approximate surface area is 144 Å². The number of hydrogen-bond donors (Lipinski definition) is 1. The molecule has 0 radical (unpaired) electrons. The third kappa shape index (κ3) is 3.64. The Hall–Kier alpha value is -1.66. The molecule has 23 heavy (non-hydrogen) atoms. The predicted octanol–water partition coefficient (Wildman–Crippen LogP) is 2.85. The van der Waals surface area contributed by atoms with Gasteiger partial charge in [-0.2, -0.15) is 5.10 Å². The highest BCUT2D eigenvalue weighted by Gasteiger charge is 2.27. The lowest BCUT2D eigenvalue weighted by atomic mass is 10.1. The molecule has 1 N–H and O–H groups in total. The summed E-state index contributed by atoms with van der Waals surface area (Å²) in [7, 11) is 0. The second-order valence-corrected chi connectivity index (χ2v) is 6.71. The molecule has 1 unspecified atom stereocenters. The topological polar surface area (TPSA) is 50.2 Å². The van der Waals surface area contributed by atoms with Crippen LogP contribution in [0.15, 0.2) is 41.1 Å². The van der Waals surface area contributed by atoms with E-state index in [9.17, 15) is 4.79 Å². The second-order valence-electron chi connectivity index (χ2n) is 5.80. The van der Waals surface area contributed by atoms with Crippen LogP contribution in [0, 0.1) is 0 Å². The molecule has 1 atom stereocenters. The SMILES string of the molecule is CCCN(C(=O)c1cnn(-c2ccc(Br)cc2)c1)C1CCNC1. The summed E-state index contributed by atoms with van der Waals surface area (Å²) in [6.07, 6.45) is 5.46. The van der Waals surface area contributed by atoms with Crippen LogP contribution < -0.4 is 5.32 Å². The summed E-state index contributed by atoms with van der Waals surface area (Å²) in [4.78, 5) is 14.8. The van der Waals surface area contributed by atoms with Crippen molar-refractivity contribution in [1.29, 1.82) is 0 Å². The number of carbonyl (C=O) groups is 1. The first-order valence-electron chi connectivity index (χ1n) is 8.01. The van der Waals surface area contributed by atoms with Crippen molar-refractivity contribution < 1.29 is 4.79 Å². The number of benzene rings is 1. The van der Waals surface area contributed by atoms with Crippen molar-refractivity contribution in [2.24, 2.45) is 0 Å². The highest BCUT2D eigenvalue weighted by Crippen LogP contribution is 2.17. The maximum Gasteiger partial charge on any atom is 0.257 e. The molecule has 5 nitrogen and oxygen atoms in total. The summed E-state index contributed by atoms with van der Waals surface area (Å²) in [6.45, 7) is 4.76. The van der Waals surface area contributed by atoms with Crippen LogP contribution in [0.25, 0.3) is 5.69 Å². The Morgan fingerprint density at radius 1 is 1.43 bits per heavy atom. The highest BCUT2D eigenvalue weighted by atomic mass is 79.9. The normalized spacial score (nSPS) is 17.4. The van der Waals surface area contributed by atoms with Crippen molar-refractivity contribution in [1.82, 2.24) is 20.0 Å². The summed E-state index contributed by atoms with van der Waals surface area (Å²) < 4.78 is 2.77. The van der Waals surface area contributed by atoms with E-state index in [0.29, 0.717) is 11.6 Å². The number of nitrogens with zero attached hydrogens (tertiary/aromatic N) is 3. The van der Waals surface area contributed by atoms with Gasteiger partial charge in [-0.05, 0) is 43.7 Å². The minimum Gasteiger partial charge on any atom is -0.334 e. The molecular formula is C17H21BrN4O. The van der Waals surface area contributed by atoms with E-state index in [1.165, 1.54) is 0 Å². The van der Waals surface area contributed by atoms with E-state index >= 15 is 0 Å². The maximum absolute atomic E-state index is 12.9. The van der Waals surface area contributed by atoms with Gasteiger partial charge in [-0.15, -0.1) is 0 Å². The van der Waals surface area contributed by atoms with Crippen LogP contribution in [0.5, 0.6) is 0 Å². The molecule has 6 heteroatoms. The van der Waals surface area contributed by atoms with Crippen molar-refractivity contribution >= 4 is 21.8 Å². The number of carbonyl (C=O) groups excluding carboxylic acids is 1. The van der Waals surface area contributed by atoms with Crippen LogP contribution in [0.3, 0.4) is 0 Å². The lowest BCUT2D eigenvalue weighted by Crippen LogP contribution is -2.42. The third-order valence-electron chi connectivity index (χ3n) is 4.12. The minimum absolute atomic E-state index is 0.0731. The lowest BCUT2D eigenvalue weighted by molar-refractivity contribution is 0.0692. The van der Waals surface area contributed by atoms with Gasteiger partial charge < -0.3 is 10.2 Å². The molecule has 1 fully saturated rings. The molecule has 0 saturated carbocycles. The molecule has 1 aromatic heterocycles. The zero-order valence-corrected chi connectivity index (χ0v) is 14.8. The van der Waals surface area contributed by atoms with Gasteiger partial charge in [0.15, 0.2) is 0 Å². The highest BCUT2D eigenvalue weighted by molar-refractivity contribution is 9.10. The number of rotatable bonds is 5. The molecule has 1 aromatic carbocycles. The fourth-order valence-electron chi connectivity index (χ4n) is 2.93. The van der Waals surface area contributed by atoms with Gasteiger partial charge in [-0.25, -0.2) is 4.68 Å². The monoisotopic (exact) mass is 376 g/mol. The predicted molar refractivity (Wildman–Crippen MR) is 93.9 cm³/mol. The van der Waals surface area contributed by atoms with Crippen LogP contribution in [0.2, 0.25) is 0 Å². The largest absolute Gasteiger partial charge is 0.334 e. The van der Waals surface area contributed by atoms with Crippen LogP contribution in [-0.2, 0) is 0 Å². The number of amides is 1. The molecule has 0 aliphatic carbocycles. The van der Waals surface area contributed by atoms with E-state index in [0.717, 1.165) is 42.6 Å². The molecule has 1 aliphatic rings. The summed E-state index contributed by atoms with van der Waals surface area (Å²) in [5, 5.41) is 7.68. The van der Waals surface area contributed by atoms with E-state index in [1.54, 1.807) is 10.9 Å². The average Bonchev–Trinajstić information content (AvgIpc) is 3.24. The lowest BCUT2D eigenvalue weighted by Gasteiger charge is -2.27. The summed E-state index contributed by atoms with van der Waals surface area (Å²) in [5.74, 6) is 0.0731. The second kappa shape index (κ2) is 7.27. The standard InChI is InChI=1S/C17H21BrN4O/c1-2-9-21(16-7-8-19-11-16)17(23)13-10-20-22(12-13)15-5-3-14(18)4-6-15/h3-6,10,12,16,19H,2,7-9,11H2,1H3. The number of halogens is 1. The molecule has 2 heterocycles. The van der Waals surface area contributed by atoms with E-state index in [1.807, 2.05) is 35.4 Å². The van der Waals surface area contributed by atoms with E-state index in [2.05, 4.69) is 33.3 Å². The van der Waals surface area contributed by atoms with Gasteiger partial charge in [0.2, 0.25) is 0 Å². The zero-order chi connectivity index (χ0) is 16.2. The Bertz CT molecular complexity index is 661. The Morgan fingerprint density at radius 3 is 2.87 bits per heavy atom. The zero-order valence-electron chi connectivity index (χ0n) is 13.2. The number of nitrogens with one attached hydrogen (secondary N) is 1. The smallest absolute Gasteiger partial charge is 0.257 e.